The van der Waals surface area contributed by atoms with Gasteiger partial charge in [-0.2, -0.15) is 0 Å². The quantitative estimate of drug-likeness (QED) is 0.168. The second kappa shape index (κ2) is 14.2. The number of aliphatic hydroxyl groups is 2. The average molecular weight is 557 g/mol. The summed E-state index contributed by atoms with van der Waals surface area (Å²) in [5, 5.41) is 23.3. The Morgan fingerprint density at radius 2 is 1.84 bits per heavy atom. The highest BCUT2D eigenvalue weighted by Crippen LogP contribution is 2.28. The summed E-state index contributed by atoms with van der Waals surface area (Å²) in [4.78, 5) is 50.7. The molecular formula is C24H33ClN4O9. The zero-order chi connectivity index (χ0) is 27.1. The minimum absolute atomic E-state index is 0. The van der Waals surface area contributed by atoms with Crippen molar-refractivity contribution in [2.24, 2.45) is 5.92 Å². The topological polar surface area (TPSA) is 197 Å². The zero-order valence-electron chi connectivity index (χ0n) is 21.0. The van der Waals surface area contributed by atoms with Gasteiger partial charge in [0.2, 0.25) is 0 Å². The molecule has 0 unspecified atom stereocenters. The zero-order valence-corrected chi connectivity index (χ0v) is 21.7. The normalized spacial score (nSPS) is 22.4. The molecule has 13 nitrogen and oxygen atoms in total. The molecule has 1 aromatic heterocycles. The third kappa shape index (κ3) is 7.96. The third-order valence-electron chi connectivity index (χ3n) is 5.87. The number of amides is 1. The van der Waals surface area contributed by atoms with Gasteiger partial charge in [-0.05, 0) is 11.5 Å². The first-order valence-corrected chi connectivity index (χ1v) is 11.8. The summed E-state index contributed by atoms with van der Waals surface area (Å²) in [5.74, 6) is -1.59. The monoisotopic (exact) mass is 556 g/mol. The van der Waals surface area contributed by atoms with Crippen LogP contribution in [0.3, 0.4) is 0 Å². The molecule has 1 amide bonds. The highest BCUT2D eigenvalue weighted by Gasteiger charge is 2.45. The number of ether oxygens (including phenoxy) is 3. The second-order valence-corrected chi connectivity index (χ2v) is 9.12. The minimum Gasteiger partial charge on any atom is -1.00 e. The number of aromatic nitrogens is 2. The minimum atomic E-state index is -1.52. The molecule has 1 aliphatic rings. The van der Waals surface area contributed by atoms with E-state index < -0.39 is 66.4 Å². The molecule has 1 aliphatic heterocycles. The number of H-pyrrole nitrogens is 1. The first-order chi connectivity index (χ1) is 17.6. The SMILES string of the molecule is CC(C)[C@H](NC(=O)[C@@H]([NH3+])COCc1ccccc1)C(=O)OC[C@H]1O[C@@H](n2ccc(=O)[nH]c2=O)[C@H](O)[C@@H]1O.[Cl-]. The summed E-state index contributed by atoms with van der Waals surface area (Å²) >= 11 is 0. The van der Waals surface area contributed by atoms with Crippen LogP contribution in [-0.4, -0.2) is 75.2 Å². The molecular weight excluding hydrogens is 524 g/mol. The van der Waals surface area contributed by atoms with Crippen molar-refractivity contribution in [3.8, 4) is 0 Å². The molecule has 0 bridgehead atoms. The lowest BCUT2D eigenvalue weighted by molar-refractivity contribution is -0.411. The van der Waals surface area contributed by atoms with Crippen molar-refractivity contribution in [3.05, 3.63) is 69.0 Å². The van der Waals surface area contributed by atoms with Crippen LogP contribution in [0.4, 0.5) is 0 Å². The number of esters is 1. The average Bonchev–Trinajstić information content (AvgIpc) is 3.14. The van der Waals surface area contributed by atoms with Crippen molar-refractivity contribution in [2.75, 3.05) is 13.2 Å². The van der Waals surface area contributed by atoms with E-state index in [0.717, 1.165) is 22.4 Å². The van der Waals surface area contributed by atoms with Crippen LogP contribution >= 0.6 is 0 Å². The number of nitrogens with one attached hydrogen (secondary N) is 2. The number of hydrogen-bond acceptors (Lipinski definition) is 9. The molecule has 6 atom stereocenters. The van der Waals surface area contributed by atoms with Gasteiger partial charge in [0.05, 0.1) is 6.61 Å². The Morgan fingerprint density at radius 1 is 1.16 bits per heavy atom. The van der Waals surface area contributed by atoms with Gasteiger partial charge in [-0.25, -0.2) is 9.59 Å². The molecule has 0 spiro atoms. The maximum Gasteiger partial charge on any atom is 0.330 e. The summed E-state index contributed by atoms with van der Waals surface area (Å²) in [6.07, 6.45) is -4.32. The molecule has 1 aromatic carbocycles. The third-order valence-corrected chi connectivity index (χ3v) is 5.87. The standard InChI is InChI=1S/C24H32N4O9.ClH/c1-13(2)18(27-21(32)15(25)11-35-10-14-6-4-3-5-7-14)23(33)36-12-16-19(30)20(31)22(37-16)28-9-8-17(29)26-24(28)34;/h3-9,13,15-16,18-20,22,30-31H,10-12,25H2,1-2H3,(H,27,32)(H,26,29,34);1H/t15-,16+,18-,19+,20+,22+;/m0./s1. The molecule has 7 N–H and O–H groups in total. The Labute approximate surface area is 224 Å². The second-order valence-electron chi connectivity index (χ2n) is 9.12. The molecule has 0 aliphatic carbocycles. The molecule has 0 radical (unpaired) electrons. The number of benzene rings is 1. The summed E-state index contributed by atoms with van der Waals surface area (Å²) in [5.41, 5.74) is 3.28. The Kier molecular flexibility index (Phi) is 11.6. The van der Waals surface area contributed by atoms with E-state index in [2.05, 4.69) is 11.1 Å². The van der Waals surface area contributed by atoms with Crippen molar-refractivity contribution in [1.82, 2.24) is 14.9 Å². The number of carbonyl (C=O) groups is 2. The van der Waals surface area contributed by atoms with Crippen molar-refractivity contribution in [3.63, 3.8) is 0 Å². The summed E-state index contributed by atoms with van der Waals surface area (Å²) in [7, 11) is 0. The summed E-state index contributed by atoms with van der Waals surface area (Å²) in [6.45, 7) is 3.36. The predicted molar refractivity (Wildman–Crippen MR) is 128 cm³/mol. The van der Waals surface area contributed by atoms with Gasteiger partial charge in [-0.1, -0.05) is 44.2 Å². The van der Waals surface area contributed by atoms with E-state index in [1.165, 1.54) is 0 Å². The lowest BCUT2D eigenvalue weighted by Crippen LogP contribution is -3.00. The van der Waals surface area contributed by atoms with E-state index >= 15 is 0 Å². The smallest absolute Gasteiger partial charge is 0.330 e. The van der Waals surface area contributed by atoms with Gasteiger partial charge in [0, 0.05) is 12.3 Å². The fourth-order valence-corrected chi connectivity index (χ4v) is 3.72. The van der Waals surface area contributed by atoms with Gasteiger partial charge in [0.15, 0.2) is 12.3 Å². The van der Waals surface area contributed by atoms with Crippen molar-refractivity contribution in [1.29, 1.82) is 0 Å². The molecule has 0 saturated carbocycles. The lowest BCUT2D eigenvalue weighted by Gasteiger charge is -2.23. The van der Waals surface area contributed by atoms with Gasteiger partial charge in [0.1, 0.15) is 37.6 Å². The van der Waals surface area contributed by atoms with Gasteiger partial charge < -0.3 is 47.9 Å². The largest absolute Gasteiger partial charge is 1.00 e. The van der Waals surface area contributed by atoms with Crippen LogP contribution in [0, 0.1) is 5.92 Å². The molecule has 2 heterocycles. The van der Waals surface area contributed by atoms with E-state index in [4.69, 9.17) is 14.2 Å². The molecule has 210 valence electrons. The number of quaternary nitrogens is 1. The van der Waals surface area contributed by atoms with Gasteiger partial charge in [-0.15, -0.1) is 0 Å². The molecule has 1 saturated heterocycles. The van der Waals surface area contributed by atoms with Crippen molar-refractivity contribution < 1.29 is 52.2 Å². The number of hydrogen-bond donors (Lipinski definition) is 5. The highest BCUT2D eigenvalue weighted by atomic mass is 35.5. The maximum atomic E-state index is 12.7. The van der Waals surface area contributed by atoms with Crippen LogP contribution in [0.1, 0.15) is 25.6 Å². The Bertz CT molecular complexity index is 1170. The number of halogens is 1. The van der Waals surface area contributed by atoms with Gasteiger partial charge >= 0.3 is 11.7 Å². The fourth-order valence-electron chi connectivity index (χ4n) is 3.72. The Balaban J connectivity index is 0.00000507. The summed E-state index contributed by atoms with van der Waals surface area (Å²) in [6, 6.07) is 8.73. The lowest BCUT2D eigenvalue weighted by atomic mass is 10.0. The number of aromatic amines is 1. The van der Waals surface area contributed by atoms with Crippen LogP contribution in [0.25, 0.3) is 0 Å². The Hall–Kier alpha value is -3.07. The Morgan fingerprint density at radius 3 is 2.47 bits per heavy atom. The molecule has 3 rings (SSSR count). The van der Waals surface area contributed by atoms with Crippen molar-refractivity contribution >= 4 is 11.9 Å². The number of carbonyl (C=O) groups excluding carboxylic acids is 2. The summed E-state index contributed by atoms with van der Waals surface area (Å²) < 4.78 is 17.3. The van der Waals surface area contributed by atoms with E-state index in [9.17, 15) is 29.4 Å². The molecule has 14 heteroatoms. The van der Waals surface area contributed by atoms with E-state index in [-0.39, 0.29) is 24.9 Å². The van der Waals surface area contributed by atoms with Crippen LogP contribution in [0.15, 0.2) is 52.2 Å². The molecule has 1 fully saturated rings. The van der Waals surface area contributed by atoms with E-state index in [1.807, 2.05) is 35.3 Å². The molecule has 38 heavy (non-hydrogen) atoms. The first-order valence-electron chi connectivity index (χ1n) is 11.8. The fraction of sp³-hybridized carbons (Fsp3) is 0.500. The van der Waals surface area contributed by atoms with Gasteiger partial charge in [-0.3, -0.25) is 19.1 Å². The van der Waals surface area contributed by atoms with E-state index in [1.54, 1.807) is 13.8 Å². The number of rotatable bonds is 11. The molecule has 2 aromatic rings. The van der Waals surface area contributed by atoms with Crippen LogP contribution in [0.2, 0.25) is 0 Å². The van der Waals surface area contributed by atoms with Crippen LogP contribution < -0.4 is 34.7 Å². The maximum absolute atomic E-state index is 12.7. The van der Waals surface area contributed by atoms with Crippen LogP contribution in [0.5, 0.6) is 0 Å². The predicted octanol–water partition coefficient (Wildman–Crippen LogP) is -5.33. The highest BCUT2D eigenvalue weighted by molar-refractivity contribution is 5.86. The number of aliphatic hydroxyl groups excluding tert-OH is 2. The van der Waals surface area contributed by atoms with Crippen LogP contribution in [-0.2, 0) is 30.4 Å². The number of nitrogens with zero attached hydrogens (tertiary/aromatic N) is 1. The van der Waals surface area contributed by atoms with E-state index in [0.29, 0.717) is 6.61 Å². The van der Waals surface area contributed by atoms with Gasteiger partial charge in [0.25, 0.3) is 11.5 Å². The van der Waals surface area contributed by atoms with Crippen molar-refractivity contribution in [2.45, 2.75) is 57.1 Å². The first kappa shape index (κ1) is 31.1.